The Kier molecular flexibility index (Phi) is 4.05. The minimum absolute atomic E-state index is 0.447. The van der Waals surface area contributed by atoms with Crippen molar-refractivity contribution in [2.45, 2.75) is 19.8 Å². The maximum absolute atomic E-state index is 5.63. The number of anilines is 1. The molecule has 0 atom stereocenters. The summed E-state index contributed by atoms with van der Waals surface area (Å²) in [7, 11) is 0. The monoisotopic (exact) mass is 312 g/mol. The van der Waals surface area contributed by atoms with Crippen molar-refractivity contribution >= 4 is 38.8 Å². The molecule has 0 bridgehead atoms. The van der Waals surface area contributed by atoms with E-state index in [1.807, 2.05) is 12.1 Å². The third-order valence-corrected chi connectivity index (χ3v) is 4.00. The lowest BCUT2D eigenvalue weighted by Crippen LogP contribution is -2.25. The van der Waals surface area contributed by atoms with Gasteiger partial charge in [-0.15, -0.1) is 0 Å². The SMILES string of the molecule is CCN(CC1CC1)c1ccc(C(N)=S)cc1Br. The molecule has 17 heavy (non-hydrogen) atoms. The van der Waals surface area contributed by atoms with Crippen LogP contribution in [0.3, 0.4) is 0 Å². The van der Waals surface area contributed by atoms with Gasteiger partial charge < -0.3 is 10.6 Å². The van der Waals surface area contributed by atoms with Crippen molar-refractivity contribution in [3.8, 4) is 0 Å². The maximum atomic E-state index is 5.63. The lowest BCUT2D eigenvalue weighted by atomic mass is 10.2. The Hall–Kier alpha value is -0.610. The smallest absolute Gasteiger partial charge is 0.104 e. The lowest BCUT2D eigenvalue weighted by molar-refractivity contribution is 0.741. The summed E-state index contributed by atoms with van der Waals surface area (Å²) in [6.45, 7) is 4.37. The number of hydrogen-bond acceptors (Lipinski definition) is 2. The van der Waals surface area contributed by atoms with Gasteiger partial charge in [-0.25, -0.2) is 0 Å². The van der Waals surface area contributed by atoms with Crippen LogP contribution >= 0.6 is 28.1 Å². The zero-order chi connectivity index (χ0) is 12.4. The molecular formula is C13H17BrN2S. The first kappa shape index (κ1) is 12.8. The molecule has 2 rings (SSSR count). The zero-order valence-electron chi connectivity index (χ0n) is 9.95. The van der Waals surface area contributed by atoms with Crippen LogP contribution in [0.5, 0.6) is 0 Å². The predicted molar refractivity (Wildman–Crippen MR) is 80.6 cm³/mol. The summed E-state index contributed by atoms with van der Waals surface area (Å²) >= 11 is 8.59. The van der Waals surface area contributed by atoms with E-state index in [1.54, 1.807) is 0 Å². The molecule has 1 aliphatic carbocycles. The fourth-order valence-corrected chi connectivity index (χ4v) is 2.68. The van der Waals surface area contributed by atoms with Crippen molar-refractivity contribution in [2.24, 2.45) is 11.7 Å². The second kappa shape index (κ2) is 5.36. The van der Waals surface area contributed by atoms with Crippen molar-refractivity contribution in [1.82, 2.24) is 0 Å². The molecule has 0 saturated heterocycles. The highest BCUT2D eigenvalue weighted by molar-refractivity contribution is 9.10. The van der Waals surface area contributed by atoms with Crippen LogP contribution in [-0.2, 0) is 0 Å². The fraction of sp³-hybridized carbons (Fsp3) is 0.462. The third-order valence-electron chi connectivity index (χ3n) is 3.13. The number of nitrogens with two attached hydrogens (primary N) is 1. The highest BCUT2D eigenvalue weighted by atomic mass is 79.9. The fourth-order valence-electron chi connectivity index (χ4n) is 1.93. The van der Waals surface area contributed by atoms with Gasteiger partial charge in [-0.3, -0.25) is 0 Å². The number of hydrogen-bond donors (Lipinski definition) is 1. The second-order valence-corrected chi connectivity index (χ2v) is 5.81. The van der Waals surface area contributed by atoms with Crippen LogP contribution in [0.4, 0.5) is 5.69 Å². The van der Waals surface area contributed by atoms with E-state index in [0.29, 0.717) is 4.99 Å². The number of nitrogens with zero attached hydrogens (tertiary/aromatic N) is 1. The van der Waals surface area contributed by atoms with E-state index in [0.717, 1.165) is 29.0 Å². The Labute approximate surface area is 116 Å². The van der Waals surface area contributed by atoms with E-state index in [-0.39, 0.29) is 0 Å². The molecule has 0 amide bonds. The van der Waals surface area contributed by atoms with Crippen molar-refractivity contribution in [2.75, 3.05) is 18.0 Å². The van der Waals surface area contributed by atoms with E-state index in [1.165, 1.54) is 18.5 Å². The first-order chi connectivity index (χ1) is 8.11. The summed E-state index contributed by atoms with van der Waals surface area (Å²) in [6, 6.07) is 6.11. The van der Waals surface area contributed by atoms with E-state index < -0.39 is 0 Å². The summed E-state index contributed by atoms with van der Waals surface area (Å²) in [4.78, 5) is 2.85. The molecule has 0 aromatic heterocycles. The van der Waals surface area contributed by atoms with Gasteiger partial charge in [0, 0.05) is 23.1 Å². The summed E-state index contributed by atoms with van der Waals surface area (Å²) < 4.78 is 1.07. The number of halogens is 1. The number of thiocarbonyl (C=S) groups is 1. The van der Waals surface area contributed by atoms with Gasteiger partial charge in [-0.2, -0.15) is 0 Å². The molecule has 0 spiro atoms. The largest absolute Gasteiger partial charge is 0.389 e. The first-order valence-corrected chi connectivity index (χ1v) is 7.16. The Morgan fingerprint density at radius 2 is 2.24 bits per heavy atom. The predicted octanol–water partition coefficient (Wildman–Crippen LogP) is 3.32. The second-order valence-electron chi connectivity index (χ2n) is 4.51. The molecule has 1 aromatic carbocycles. The average Bonchev–Trinajstić information content (AvgIpc) is 3.10. The average molecular weight is 313 g/mol. The first-order valence-electron chi connectivity index (χ1n) is 5.96. The van der Waals surface area contributed by atoms with E-state index in [2.05, 4.69) is 33.8 Å². The van der Waals surface area contributed by atoms with Crippen LogP contribution in [0.25, 0.3) is 0 Å². The van der Waals surface area contributed by atoms with Crippen LogP contribution in [0, 0.1) is 5.92 Å². The Balaban J connectivity index is 2.20. The van der Waals surface area contributed by atoms with Crippen LogP contribution in [-0.4, -0.2) is 18.1 Å². The molecule has 0 radical (unpaired) electrons. The van der Waals surface area contributed by atoms with E-state index in [4.69, 9.17) is 18.0 Å². The molecule has 0 aliphatic heterocycles. The lowest BCUT2D eigenvalue weighted by Gasteiger charge is -2.24. The van der Waals surface area contributed by atoms with Gasteiger partial charge in [0.15, 0.2) is 0 Å². The molecule has 92 valence electrons. The Bertz CT molecular complexity index is 429. The third kappa shape index (κ3) is 3.19. The van der Waals surface area contributed by atoms with Crippen LogP contribution in [0.2, 0.25) is 0 Å². The molecule has 4 heteroatoms. The molecule has 0 heterocycles. The molecule has 1 saturated carbocycles. The van der Waals surface area contributed by atoms with Crippen molar-refractivity contribution < 1.29 is 0 Å². The quantitative estimate of drug-likeness (QED) is 0.846. The molecule has 1 fully saturated rings. The highest BCUT2D eigenvalue weighted by Crippen LogP contribution is 2.34. The van der Waals surface area contributed by atoms with Crippen LogP contribution in [0.15, 0.2) is 22.7 Å². The molecule has 1 aromatic rings. The van der Waals surface area contributed by atoms with Gasteiger partial charge in [0.1, 0.15) is 4.99 Å². The zero-order valence-corrected chi connectivity index (χ0v) is 12.4. The summed E-state index contributed by atoms with van der Waals surface area (Å²) in [5.74, 6) is 0.886. The highest BCUT2D eigenvalue weighted by Gasteiger charge is 2.24. The summed E-state index contributed by atoms with van der Waals surface area (Å²) in [5, 5.41) is 0. The van der Waals surface area contributed by atoms with E-state index in [9.17, 15) is 0 Å². The van der Waals surface area contributed by atoms with Gasteiger partial charge >= 0.3 is 0 Å². The minimum atomic E-state index is 0.447. The normalized spacial score (nSPS) is 14.7. The van der Waals surface area contributed by atoms with Crippen LogP contribution in [0.1, 0.15) is 25.3 Å². The maximum Gasteiger partial charge on any atom is 0.104 e. The Morgan fingerprint density at radius 3 is 2.71 bits per heavy atom. The molecule has 2 N–H and O–H groups in total. The van der Waals surface area contributed by atoms with Gasteiger partial charge in [0.05, 0.1) is 5.69 Å². The summed E-state index contributed by atoms with van der Waals surface area (Å²) in [5.41, 5.74) is 7.78. The number of rotatable bonds is 5. The Morgan fingerprint density at radius 1 is 1.53 bits per heavy atom. The summed E-state index contributed by atoms with van der Waals surface area (Å²) in [6.07, 6.45) is 2.75. The minimum Gasteiger partial charge on any atom is -0.389 e. The van der Waals surface area contributed by atoms with Gasteiger partial charge in [0.25, 0.3) is 0 Å². The van der Waals surface area contributed by atoms with Gasteiger partial charge in [-0.1, -0.05) is 12.2 Å². The molecule has 2 nitrogen and oxygen atoms in total. The molecule has 1 aliphatic rings. The van der Waals surface area contributed by atoms with Crippen LogP contribution < -0.4 is 10.6 Å². The van der Waals surface area contributed by atoms with Crippen molar-refractivity contribution in [3.63, 3.8) is 0 Å². The van der Waals surface area contributed by atoms with Crippen molar-refractivity contribution in [3.05, 3.63) is 28.2 Å². The molecule has 0 unspecified atom stereocenters. The topological polar surface area (TPSA) is 29.3 Å². The van der Waals surface area contributed by atoms with Gasteiger partial charge in [-0.05, 0) is 59.8 Å². The standard InChI is InChI=1S/C13H17BrN2S/c1-2-16(8-9-3-4-9)12-6-5-10(13(15)17)7-11(12)14/h5-7,9H,2-4,8H2,1H3,(H2,15,17). The van der Waals surface area contributed by atoms with Gasteiger partial charge in [0.2, 0.25) is 0 Å². The number of benzene rings is 1. The molecular weight excluding hydrogens is 296 g/mol. The van der Waals surface area contributed by atoms with E-state index >= 15 is 0 Å². The van der Waals surface area contributed by atoms with Crippen molar-refractivity contribution in [1.29, 1.82) is 0 Å².